The van der Waals surface area contributed by atoms with E-state index in [9.17, 15) is 14.4 Å². The van der Waals surface area contributed by atoms with Crippen molar-refractivity contribution < 1.29 is 23.9 Å². The molecule has 27 heavy (non-hydrogen) atoms. The quantitative estimate of drug-likeness (QED) is 0.601. The van der Waals surface area contributed by atoms with Gasteiger partial charge in [-0.05, 0) is 37.3 Å². The fraction of sp³-hybridized carbons (Fsp3) is 0.150. The molecular weight excluding hydrogens is 348 g/mol. The summed E-state index contributed by atoms with van der Waals surface area (Å²) in [7, 11) is 2.41. The Morgan fingerprint density at radius 1 is 0.889 bits per heavy atom. The van der Waals surface area contributed by atoms with Gasteiger partial charge in [0.1, 0.15) is 5.70 Å². The molecule has 0 atom stereocenters. The average Bonchev–Trinajstić information content (AvgIpc) is 2.67. The molecule has 140 valence electrons. The van der Waals surface area contributed by atoms with Crippen molar-refractivity contribution in [2.45, 2.75) is 6.92 Å². The maximum Gasteiger partial charge on any atom is 0.354 e. The number of aryl methyl sites for hydroxylation is 1. The number of carbonyl (C=O) groups excluding carboxylic acids is 3. The van der Waals surface area contributed by atoms with Gasteiger partial charge in [-0.15, -0.1) is 0 Å². The summed E-state index contributed by atoms with van der Waals surface area (Å²) in [4.78, 5) is 35.6. The molecule has 0 saturated heterocycles. The molecule has 0 spiro atoms. The van der Waals surface area contributed by atoms with Gasteiger partial charge in [0.25, 0.3) is 5.91 Å². The maximum atomic E-state index is 12.3. The number of rotatable bonds is 6. The van der Waals surface area contributed by atoms with Crippen molar-refractivity contribution in [2.24, 2.45) is 0 Å². The number of ether oxygens (including phenoxy) is 2. The van der Waals surface area contributed by atoms with Crippen LogP contribution in [0, 0.1) is 6.92 Å². The van der Waals surface area contributed by atoms with Crippen molar-refractivity contribution in [3.63, 3.8) is 0 Å². The molecule has 2 rings (SSSR count). The van der Waals surface area contributed by atoms with Crippen molar-refractivity contribution in [1.29, 1.82) is 0 Å². The number of hydrogen-bond donors (Lipinski definition) is 2. The molecule has 0 aromatic heterocycles. The number of carbonyl (C=O) groups is 3. The molecule has 2 N–H and O–H groups in total. The second kappa shape index (κ2) is 9.19. The van der Waals surface area contributed by atoms with Crippen LogP contribution in [0.25, 0.3) is 0 Å². The minimum atomic E-state index is -0.727. The lowest BCUT2D eigenvalue weighted by molar-refractivity contribution is -0.138. The fourth-order valence-electron chi connectivity index (χ4n) is 2.17. The Hall–Kier alpha value is -3.61. The number of anilines is 2. The third-order valence-electron chi connectivity index (χ3n) is 3.58. The zero-order valence-electron chi connectivity index (χ0n) is 15.2. The van der Waals surface area contributed by atoms with Gasteiger partial charge < -0.3 is 20.1 Å². The molecule has 0 radical (unpaired) electrons. The van der Waals surface area contributed by atoms with Gasteiger partial charge in [0, 0.05) is 16.9 Å². The number of methoxy groups -OCH3 is 2. The Morgan fingerprint density at radius 2 is 1.52 bits per heavy atom. The predicted molar refractivity (Wildman–Crippen MR) is 101 cm³/mol. The number of esters is 2. The highest BCUT2D eigenvalue weighted by atomic mass is 16.5. The molecular formula is C20H20N2O5. The highest BCUT2D eigenvalue weighted by molar-refractivity contribution is 6.04. The smallest absolute Gasteiger partial charge is 0.354 e. The third-order valence-corrected chi connectivity index (χ3v) is 3.58. The summed E-state index contributed by atoms with van der Waals surface area (Å²) in [6.45, 7) is 1.94. The van der Waals surface area contributed by atoms with E-state index in [-0.39, 0.29) is 11.6 Å². The zero-order chi connectivity index (χ0) is 19.8. The van der Waals surface area contributed by atoms with Crippen LogP contribution in [0.3, 0.4) is 0 Å². The van der Waals surface area contributed by atoms with Gasteiger partial charge in [-0.3, -0.25) is 4.79 Å². The van der Waals surface area contributed by atoms with Gasteiger partial charge >= 0.3 is 11.9 Å². The molecule has 1 amide bonds. The molecule has 0 saturated carbocycles. The Balaban J connectivity index is 2.17. The van der Waals surface area contributed by atoms with E-state index in [2.05, 4.69) is 20.1 Å². The van der Waals surface area contributed by atoms with Gasteiger partial charge in [0.05, 0.1) is 20.3 Å². The van der Waals surface area contributed by atoms with E-state index in [0.717, 1.165) is 11.6 Å². The lowest BCUT2D eigenvalue weighted by atomic mass is 10.1. The van der Waals surface area contributed by atoms with E-state index >= 15 is 0 Å². The van der Waals surface area contributed by atoms with E-state index in [0.29, 0.717) is 16.9 Å². The summed E-state index contributed by atoms with van der Waals surface area (Å²) < 4.78 is 9.17. The summed E-state index contributed by atoms with van der Waals surface area (Å²) in [5.74, 6) is -1.69. The zero-order valence-corrected chi connectivity index (χ0v) is 15.2. The predicted octanol–water partition coefficient (Wildman–Crippen LogP) is 2.89. The molecule has 0 fully saturated rings. The minimum absolute atomic E-state index is 0.0913. The van der Waals surface area contributed by atoms with Crippen molar-refractivity contribution in [3.05, 3.63) is 71.4 Å². The molecule has 2 aromatic rings. The average molecular weight is 368 g/mol. The molecule has 0 aliphatic carbocycles. The van der Waals surface area contributed by atoms with Crippen LogP contribution in [0.5, 0.6) is 0 Å². The van der Waals surface area contributed by atoms with Crippen molar-refractivity contribution in [1.82, 2.24) is 0 Å². The van der Waals surface area contributed by atoms with Crippen LogP contribution in [0.1, 0.15) is 15.9 Å². The number of nitrogens with one attached hydrogen (secondary N) is 2. The second-order valence-electron chi connectivity index (χ2n) is 5.60. The standard InChI is InChI=1S/C20H20N2O5/c1-13-7-9-14(10-8-13)19(24)22-16-6-4-5-15(11-16)21-17(20(25)27-3)12-18(23)26-2/h4-12,21H,1-3H3,(H,22,24)/b17-12+. The summed E-state index contributed by atoms with van der Waals surface area (Å²) in [5.41, 5.74) is 2.50. The minimum Gasteiger partial charge on any atom is -0.466 e. The van der Waals surface area contributed by atoms with Gasteiger partial charge in [-0.2, -0.15) is 0 Å². The van der Waals surface area contributed by atoms with Crippen LogP contribution in [-0.2, 0) is 19.1 Å². The molecule has 0 unspecified atom stereocenters. The Morgan fingerprint density at radius 3 is 2.11 bits per heavy atom. The van der Waals surface area contributed by atoms with Gasteiger partial charge in [-0.25, -0.2) is 9.59 Å². The first-order valence-electron chi connectivity index (χ1n) is 8.06. The maximum absolute atomic E-state index is 12.3. The first kappa shape index (κ1) is 19.7. The lowest BCUT2D eigenvalue weighted by Gasteiger charge is -2.11. The Kier molecular flexibility index (Phi) is 6.71. The Labute approximate surface area is 157 Å². The molecule has 7 heteroatoms. The first-order chi connectivity index (χ1) is 12.9. The van der Waals surface area contributed by atoms with E-state index in [1.54, 1.807) is 36.4 Å². The Bertz CT molecular complexity index is 872. The SMILES string of the molecule is COC(=O)/C=C(/Nc1cccc(NC(=O)c2ccc(C)cc2)c1)C(=O)OC. The van der Waals surface area contributed by atoms with Gasteiger partial charge in [-0.1, -0.05) is 23.8 Å². The molecule has 0 aliphatic heterocycles. The second-order valence-corrected chi connectivity index (χ2v) is 5.60. The summed E-state index contributed by atoms with van der Waals surface area (Å²) in [6.07, 6.45) is 0.989. The highest BCUT2D eigenvalue weighted by Gasteiger charge is 2.13. The summed E-state index contributed by atoms with van der Waals surface area (Å²) in [5, 5.41) is 5.57. The van der Waals surface area contributed by atoms with E-state index in [1.165, 1.54) is 14.2 Å². The third kappa shape index (κ3) is 5.71. The number of benzene rings is 2. The van der Waals surface area contributed by atoms with Gasteiger partial charge in [0.2, 0.25) is 0 Å². The van der Waals surface area contributed by atoms with E-state index in [4.69, 9.17) is 0 Å². The molecule has 7 nitrogen and oxygen atoms in total. The van der Waals surface area contributed by atoms with Crippen molar-refractivity contribution >= 4 is 29.2 Å². The van der Waals surface area contributed by atoms with Crippen LogP contribution in [0.15, 0.2) is 60.3 Å². The largest absolute Gasteiger partial charge is 0.466 e. The van der Waals surface area contributed by atoms with E-state index in [1.807, 2.05) is 19.1 Å². The highest BCUT2D eigenvalue weighted by Crippen LogP contribution is 2.18. The van der Waals surface area contributed by atoms with Crippen LogP contribution in [0.2, 0.25) is 0 Å². The van der Waals surface area contributed by atoms with Gasteiger partial charge in [0.15, 0.2) is 0 Å². The monoisotopic (exact) mass is 368 g/mol. The van der Waals surface area contributed by atoms with Crippen LogP contribution >= 0.6 is 0 Å². The molecule has 0 aliphatic rings. The van der Waals surface area contributed by atoms with E-state index < -0.39 is 11.9 Å². The summed E-state index contributed by atoms with van der Waals surface area (Å²) in [6, 6.07) is 13.9. The number of amides is 1. The van der Waals surface area contributed by atoms with Crippen molar-refractivity contribution in [2.75, 3.05) is 24.9 Å². The molecule has 0 heterocycles. The van der Waals surface area contributed by atoms with Crippen LogP contribution in [-0.4, -0.2) is 32.1 Å². The van der Waals surface area contributed by atoms with Crippen molar-refractivity contribution in [3.8, 4) is 0 Å². The molecule has 0 bridgehead atoms. The normalized spacial score (nSPS) is 10.7. The fourth-order valence-corrected chi connectivity index (χ4v) is 2.17. The topological polar surface area (TPSA) is 93.7 Å². The van der Waals surface area contributed by atoms with Crippen LogP contribution < -0.4 is 10.6 Å². The van der Waals surface area contributed by atoms with Crippen LogP contribution in [0.4, 0.5) is 11.4 Å². The first-order valence-corrected chi connectivity index (χ1v) is 8.06. The lowest BCUT2D eigenvalue weighted by Crippen LogP contribution is -2.16. The number of hydrogen-bond acceptors (Lipinski definition) is 6. The summed E-state index contributed by atoms with van der Waals surface area (Å²) >= 11 is 0. The molecule has 2 aromatic carbocycles.